The van der Waals surface area contributed by atoms with Crippen LogP contribution in [-0.4, -0.2) is 57.8 Å². The van der Waals surface area contributed by atoms with E-state index in [2.05, 4.69) is 44.3 Å². The third-order valence-electron chi connectivity index (χ3n) is 9.53. The molecule has 0 aliphatic heterocycles. The highest BCUT2D eigenvalue weighted by Crippen LogP contribution is 2.59. The Kier molecular flexibility index (Phi) is 10.4. The molecule has 1 aromatic heterocycles. The third kappa shape index (κ3) is 7.00. The van der Waals surface area contributed by atoms with Crippen LogP contribution in [0.5, 0.6) is 0 Å². The summed E-state index contributed by atoms with van der Waals surface area (Å²) < 4.78 is 0. The number of urea groups is 1. The van der Waals surface area contributed by atoms with Gasteiger partial charge < -0.3 is 20.4 Å². The van der Waals surface area contributed by atoms with Crippen LogP contribution in [0, 0.1) is 12.3 Å². The molecule has 1 saturated carbocycles. The first-order valence-corrected chi connectivity index (χ1v) is 16.5. The van der Waals surface area contributed by atoms with Crippen molar-refractivity contribution in [1.29, 1.82) is 0 Å². The Hall–Kier alpha value is -2.48. The quantitative estimate of drug-likeness (QED) is 0.234. The standard InChI is InChI=1S/C35H50N2O4S/c1-7-19-37(33(40)36-23(2)3)22-35(41)18-16-30-28-14-12-26(21-29(28)32(39)31-15-11-25(5)42-31)20-27(38)13-10-24(4)9-8-17-34(30,35)6/h9,11-12,14-15,21,23,27,30,38,41H,7-8,10,13,16-20,22H2,1-6H3,(H,36,40). The number of aliphatic hydroxyl groups excluding tert-OH is 1. The molecule has 2 bridgehead atoms. The number of carbonyl (C=O) groups excluding carboxylic acids is 2. The molecule has 3 aliphatic rings. The number of fused-ring (bicyclic) bond motifs is 8. The molecule has 3 aliphatic carbocycles. The highest BCUT2D eigenvalue weighted by atomic mass is 32.1. The minimum atomic E-state index is -1.12. The van der Waals surface area contributed by atoms with Gasteiger partial charge in [-0.3, -0.25) is 4.79 Å². The average molecular weight is 595 g/mol. The molecule has 4 atom stereocenters. The lowest BCUT2D eigenvalue weighted by Gasteiger charge is -2.46. The number of rotatable bonds is 7. The fraction of sp³-hybridized carbons (Fsp3) is 0.600. The van der Waals surface area contributed by atoms with Crippen molar-refractivity contribution in [2.45, 2.75) is 117 Å². The molecule has 0 radical (unpaired) electrons. The van der Waals surface area contributed by atoms with E-state index in [1.54, 1.807) is 4.90 Å². The van der Waals surface area contributed by atoms with Crippen molar-refractivity contribution >= 4 is 23.2 Å². The van der Waals surface area contributed by atoms with Gasteiger partial charge in [0.2, 0.25) is 5.78 Å². The lowest BCUT2D eigenvalue weighted by Crippen LogP contribution is -2.56. The first-order chi connectivity index (χ1) is 19.9. The highest BCUT2D eigenvalue weighted by molar-refractivity contribution is 7.14. The van der Waals surface area contributed by atoms with Gasteiger partial charge in [0.25, 0.3) is 0 Å². The molecule has 0 saturated heterocycles. The maximum atomic E-state index is 14.1. The number of amides is 2. The zero-order valence-electron chi connectivity index (χ0n) is 26.3. The number of allylic oxidation sites excluding steroid dienone is 2. The molecule has 0 spiro atoms. The SMILES string of the molecule is CCCN(CC1(O)CCC2c3ccc(cc3C(=O)c3ccc(C)s3)CC(O)CCC(C)=CCCC21C)C(=O)NC(C)C. The summed E-state index contributed by atoms with van der Waals surface area (Å²) in [7, 11) is 0. The summed E-state index contributed by atoms with van der Waals surface area (Å²) >= 11 is 1.50. The van der Waals surface area contributed by atoms with Gasteiger partial charge in [0.05, 0.1) is 23.1 Å². The maximum absolute atomic E-state index is 14.1. The zero-order valence-corrected chi connectivity index (χ0v) is 27.2. The lowest BCUT2D eigenvalue weighted by atomic mass is 9.64. The molecule has 2 aromatic rings. The van der Waals surface area contributed by atoms with Gasteiger partial charge in [0, 0.05) is 28.4 Å². The Labute approximate surface area is 256 Å². The number of nitrogens with one attached hydrogen (secondary N) is 1. The van der Waals surface area contributed by atoms with E-state index in [4.69, 9.17) is 0 Å². The molecule has 6 nitrogen and oxygen atoms in total. The molecule has 2 amide bonds. The van der Waals surface area contributed by atoms with E-state index in [0.29, 0.717) is 36.2 Å². The van der Waals surface area contributed by atoms with Crippen LogP contribution in [0.25, 0.3) is 0 Å². The van der Waals surface area contributed by atoms with Crippen LogP contribution in [-0.2, 0) is 6.42 Å². The van der Waals surface area contributed by atoms with E-state index in [1.165, 1.54) is 16.9 Å². The first kappa shape index (κ1) is 32.4. The Bertz CT molecular complexity index is 1300. The van der Waals surface area contributed by atoms with Gasteiger partial charge in [-0.15, -0.1) is 11.3 Å². The number of nitrogens with zero attached hydrogens (tertiary/aromatic N) is 1. The molecule has 7 heteroatoms. The Morgan fingerprint density at radius 3 is 2.57 bits per heavy atom. The monoisotopic (exact) mass is 594 g/mol. The van der Waals surface area contributed by atoms with Crippen LogP contribution in [0.1, 0.15) is 117 Å². The van der Waals surface area contributed by atoms with Crippen molar-refractivity contribution in [3.8, 4) is 0 Å². The molecule has 4 unspecified atom stereocenters. The number of hydrogen-bond donors (Lipinski definition) is 3. The van der Waals surface area contributed by atoms with Crippen LogP contribution in [0.4, 0.5) is 4.79 Å². The zero-order chi connectivity index (χ0) is 30.7. The van der Waals surface area contributed by atoms with Crippen LogP contribution < -0.4 is 5.32 Å². The molecule has 1 fully saturated rings. The molecular formula is C35H50N2O4S. The second-order valence-corrected chi connectivity index (χ2v) is 14.5. The lowest BCUT2D eigenvalue weighted by molar-refractivity contribution is -0.0770. The van der Waals surface area contributed by atoms with Crippen molar-refractivity contribution in [2.24, 2.45) is 5.41 Å². The van der Waals surface area contributed by atoms with Gasteiger partial charge in [0.15, 0.2) is 0 Å². The number of thiophene rings is 1. The minimum Gasteiger partial charge on any atom is -0.393 e. The number of carbonyl (C=O) groups is 2. The second-order valence-electron chi connectivity index (χ2n) is 13.2. The number of aryl methyl sites for hydroxylation is 1. The van der Waals surface area contributed by atoms with E-state index >= 15 is 0 Å². The van der Waals surface area contributed by atoms with Gasteiger partial charge in [-0.1, -0.05) is 37.6 Å². The maximum Gasteiger partial charge on any atom is 0.317 e. The molecule has 230 valence electrons. The fourth-order valence-electron chi connectivity index (χ4n) is 7.06. The van der Waals surface area contributed by atoms with Crippen LogP contribution in [0.15, 0.2) is 42.0 Å². The first-order valence-electron chi connectivity index (χ1n) is 15.7. The number of aliphatic hydroxyl groups is 2. The largest absolute Gasteiger partial charge is 0.393 e. The van der Waals surface area contributed by atoms with Crippen molar-refractivity contribution in [3.63, 3.8) is 0 Å². The predicted molar refractivity (Wildman–Crippen MR) is 171 cm³/mol. The van der Waals surface area contributed by atoms with Crippen molar-refractivity contribution in [1.82, 2.24) is 10.2 Å². The van der Waals surface area contributed by atoms with Gasteiger partial charge in [-0.05, 0) is 114 Å². The van der Waals surface area contributed by atoms with Crippen LogP contribution >= 0.6 is 11.3 Å². The van der Waals surface area contributed by atoms with Crippen molar-refractivity contribution in [2.75, 3.05) is 13.1 Å². The average Bonchev–Trinajstić information content (AvgIpc) is 3.47. The molecule has 1 aromatic carbocycles. The van der Waals surface area contributed by atoms with E-state index in [9.17, 15) is 19.8 Å². The van der Waals surface area contributed by atoms with Crippen molar-refractivity contribution < 1.29 is 19.8 Å². The summed E-state index contributed by atoms with van der Waals surface area (Å²) in [5.74, 6) is -0.0567. The summed E-state index contributed by atoms with van der Waals surface area (Å²) in [5.41, 5.74) is 2.15. The minimum absolute atomic E-state index is 0.00369. The van der Waals surface area contributed by atoms with E-state index in [1.807, 2.05) is 39.0 Å². The van der Waals surface area contributed by atoms with E-state index in [0.717, 1.165) is 48.1 Å². The van der Waals surface area contributed by atoms with Gasteiger partial charge in [-0.2, -0.15) is 0 Å². The van der Waals surface area contributed by atoms with Gasteiger partial charge in [-0.25, -0.2) is 4.79 Å². The molecule has 42 heavy (non-hydrogen) atoms. The van der Waals surface area contributed by atoms with Crippen LogP contribution in [0.2, 0.25) is 0 Å². The second kappa shape index (κ2) is 13.4. The third-order valence-corrected chi connectivity index (χ3v) is 10.5. The Balaban J connectivity index is 1.82. The number of benzene rings is 1. The topological polar surface area (TPSA) is 89.9 Å². The van der Waals surface area contributed by atoms with E-state index < -0.39 is 17.1 Å². The van der Waals surface area contributed by atoms with Crippen LogP contribution in [0.3, 0.4) is 0 Å². The fourth-order valence-corrected chi connectivity index (χ4v) is 7.88. The summed E-state index contributed by atoms with van der Waals surface area (Å²) in [6.45, 7) is 13.1. The number of hydrogen-bond acceptors (Lipinski definition) is 5. The molecule has 5 rings (SSSR count). The summed E-state index contributed by atoms with van der Waals surface area (Å²) in [4.78, 5) is 30.9. The Morgan fingerprint density at radius 1 is 1.14 bits per heavy atom. The van der Waals surface area contributed by atoms with E-state index in [-0.39, 0.29) is 30.3 Å². The molecular weight excluding hydrogens is 544 g/mol. The molecule has 1 heterocycles. The van der Waals surface area contributed by atoms with Gasteiger partial charge in [0.1, 0.15) is 0 Å². The Morgan fingerprint density at radius 2 is 1.90 bits per heavy atom. The summed E-state index contributed by atoms with van der Waals surface area (Å²) in [6, 6.07) is 9.87. The normalized spacial score (nSPS) is 26.5. The summed E-state index contributed by atoms with van der Waals surface area (Å²) in [6.07, 6.45) is 7.35. The van der Waals surface area contributed by atoms with Gasteiger partial charge >= 0.3 is 6.03 Å². The molecule has 3 N–H and O–H groups in total. The van der Waals surface area contributed by atoms with Crippen molar-refractivity contribution in [3.05, 3.63) is 68.4 Å². The highest BCUT2D eigenvalue weighted by Gasteiger charge is 2.57. The predicted octanol–water partition coefficient (Wildman–Crippen LogP) is 7.16. The number of ketones is 1. The summed E-state index contributed by atoms with van der Waals surface area (Å²) in [5, 5.41) is 26.4. The smallest absolute Gasteiger partial charge is 0.317 e.